The van der Waals surface area contributed by atoms with Gasteiger partial charge >= 0.3 is 5.69 Å². The standard InChI is InChI=1S/C12H10N2O3/c15-7-9(8-4-2-1-3-5-8)6-10-11(16)14-12(17)13-10/h1-7,16H,(H2,13,14,17). The van der Waals surface area contributed by atoms with Gasteiger partial charge in [-0.15, -0.1) is 0 Å². The van der Waals surface area contributed by atoms with Crippen molar-refractivity contribution in [2.45, 2.75) is 0 Å². The van der Waals surface area contributed by atoms with Crippen molar-refractivity contribution in [2.24, 2.45) is 0 Å². The van der Waals surface area contributed by atoms with Gasteiger partial charge < -0.3 is 10.1 Å². The van der Waals surface area contributed by atoms with Crippen LogP contribution in [0, 0.1) is 0 Å². The van der Waals surface area contributed by atoms with Crippen LogP contribution in [0.1, 0.15) is 11.3 Å². The van der Waals surface area contributed by atoms with Gasteiger partial charge in [-0.05, 0) is 11.6 Å². The third kappa shape index (κ3) is 2.34. The van der Waals surface area contributed by atoms with Crippen LogP contribution in [0.4, 0.5) is 0 Å². The van der Waals surface area contributed by atoms with Gasteiger partial charge in [-0.25, -0.2) is 4.79 Å². The fourth-order valence-corrected chi connectivity index (χ4v) is 1.46. The molecule has 5 nitrogen and oxygen atoms in total. The van der Waals surface area contributed by atoms with E-state index in [1.807, 2.05) is 6.07 Å². The molecule has 2 rings (SSSR count). The Morgan fingerprint density at radius 2 is 1.88 bits per heavy atom. The van der Waals surface area contributed by atoms with Crippen molar-refractivity contribution in [3.8, 4) is 5.88 Å². The summed E-state index contributed by atoms with van der Waals surface area (Å²) in [4.78, 5) is 26.5. The fourth-order valence-electron chi connectivity index (χ4n) is 1.46. The molecule has 0 radical (unpaired) electrons. The molecular formula is C12H10N2O3. The predicted molar refractivity (Wildman–Crippen MR) is 63.5 cm³/mol. The van der Waals surface area contributed by atoms with Gasteiger partial charge in [0.05, 0.1) is 0 Å². The van der Waals surface area contributed by atoms with Gasteiger partial charge in [0.2, 0.25) is 5.88 Å². The maximum Gasteiger partial charge on any atom is 0.326 e. The average molecular weight is 230 g/mol. The number of aromatic hydroxyl groups is 1. The van der Waals surface area contributed by atoms with Crippen LogP contribution in [0.5, 0.6) is 5.88 Å². The lowest BCUT2D eigenvalue weighted by Crippen LogP contribution is -2.00. The Morgan fingerprint density at radius 1 is 1.18 bits per heavy atom. The Balaban J connectivity index is 2.47. The van der Waals surface area contributed by atoms with E-state index in [2.05, 4.69) is 9.97 Å². The second-order valence-electron chi connectivity index (χ2n) is 3.42. The van der Waals surface area contributed by atoms with Crippen molar-refractivity contribution in [3.05, 3.63) is 52.1 Å². The van der Waals surface area contributed by atoms with Gasteiger partial charge in [-0.3, -0.25) is 9.78 Å². The summed E-state index contributed by atoms with van der Waals surface area (Å²) in [5, 5.41) is 9.38. The van der Waals surface area contributed by atoms with E-state index in [9.17, 15) is 14.7 Å². The van der Waals surface area contributed by atoms with Crippen molar-refractivity contribution < 1.29 is 9.90 Å². The van der Waals surface area contributed by atoms with Crippen LogP contribution < -0.4 is 5.69 Å². The molecular weight excluding hydrogens is 220 g/mol. The van der Waals surface area contributed by atoms with Gasteiger partial charge in [0.25, 0.3) is 0 Å². The van der Waals surface area contributed by atoms with Crippen LogP contribution in [-0.4, -0.2) is 21.4 Å². The Hall–Kier alpha value is -2.56. The maximum absolute atomic E-state index is 11.0. The van der Waals surface area contributed by atoms with E-state index < -0.39 is 5.69 Å². The number of hydrogen-bond acceptors (Lipinski definition) is 3. The van der Waals surface area contributed by atoms with E-state index in [0.29, 0.717) is 17.4 Å². The van der Waals surface area contributed by atoms with E-state index >= 15 is 0 Å². The number of aldehydes is 1. The highest BCUT2D eigenvalue weighted by molar-refractivity contribution is 6.13. The van der Waals surface area contributed by atoms with Crippen LogP contribution in [0.3, 0.4) is 0 Å². The number of aromatic amines is 2. The number of hydrogen-bond donors (Lipinski definition) is 3. The third-order valence-corrected chi connectivity index (χ3v) is 2.27. The molecule has 0 unspecified atom stereocenters. The molecule has 17 heavy (non-hydrogen) atoms. The Labute approximate surface area is 96.4 Å². The van der Waals surface area contributed by atoms with E-state index in [0.717, 1.165) is 0 Å². The van der Waals surface area contributed by atoms with Crippen LogP contribution >= 0.6 is 0 Å². The molecule has 2 aromatic rings. The van der Waals surface area contributed by atoms with Crippen molar-refractivity contribution in [3.63, 3.8) is 0 Å². The summed E-state index contributed by atoms with van der Waals surface area (Å²) in [6.07, 6.45) is 2.08. The minimum Gasteiger partial charge on any atom is -0.493 e. The van der Waals surface area contributed by atoms with E-state index in [1.54, 1.807) is 24.3 Å². The van der Waals surface area contributed by atoms with Gasteiger partial charge in [-0.1, -0.05) is 30.3 Å². The number of nitrogens with one attached hydrogen (secondary N) is 2. The molecule has 0 aliphatic heterocycles. The largest absolute Gasteiger partial charge is 0.493 e. The molecule has 3 N–H and O–H groups in total. The topological polar surface area (TPSA) is 86.0 Å². The highest BCUT2D eigenvalue weighted by Crippen LogP contribution is 2.18. The van der Waals surface area contributed by atoms with E-state index in [-0.39, 0.29) is 11.6 Å². The summed E-state index contributed by atoms with van der Waals surface area (Å²) < 4.78 is 0. The predicted octanol–water partition coefficient (Wildman–Crippen LogP) is 1.15. The Bertz CT molecular complexity index is 608. The van der Waals surface area contributed by atoms with Crippen molar-refractivity contribution in [2.75, 3.05) is 0 Å². The van der Waals surface area contributed by atoms with Gasteiger partial charge in [0.15, 0.2) is 6.29 Å². The van der Waals surface area contributed by atoms with Gasteiger partial charge in [0.1, 0.15) is 5.69 Å². The maximum atomic E-state index is 11.0. The molecule has 0 spiro atoms. The lowest BCUT2D eigenvalue weighted by atomic mass is 10.1. The quantitative estimate of drug-likeness (QED) is 0.546. The smallest absolute Gasteiger partial charge is 0.326 e. The molecule has 0 aliphatic carbocycles. The summed E-state index contributed by atoms with van der Waals surface area (Å²) in [5.74, 6) is -0.287. The fraction of sp³-hybridized carbons (Fsp3) is 0. The molecule has 0 atom stereocenters. The first-order chi connectivity index (χ1) is 8.20. The third-order valence-electron chi connectivity index (χ3n) is 2.27. The molecule has 0 amide bonds. The first kappa shape index (κ1) is 10.9. The molecule has 0 aliphatic rings. The van der Waals surface area contributed by atoms with E-state index in [4.69, 9.17) is 0 Å². The number of rotatable bonds is 3. The van der Waals surface area contributed by atoms with Crippen LogP contribution in [-0.2, 0) is 4.79 Å². The SMILES string of the molecule is O=CC(=Cc1[nH]c(=O)[nH]c1O)c1ccccc1. The second kappa shape index (κ2) is 4.52. The van der Waals surface area contributed by atoms with Crippen LogP contribution in [0.15, 0.2) is 35.1 Å². The number of H-pyrrole nitrogens is 2. The molecule has 1 aromatic carbocycles. The second-order valence-corrected chi connectivity index (χ2v) is 3.42. The number of benzene rings is 1. The number of carbonyl (C=O) groups is 1. The van der Waals surface area contributed by atoms with Crippen LogP contribution in [0.25, 0.3) is 11.6 Å². The van der Waals surface area contributed by atoms with Gasteiger partial charge in [-0.2, -0.15) is 0 Å². The minimum absolute atomic E-state index is 0.181. The number of allylic oxidation sites excluding steroid dienone is 1. The molecule has 0 saturated carbocycles. The number of aromatic nitrogens is 2. The highest BCUT2D eigenvalue weighted by Gasteiger charge is 2.05. The normalized spacial score (nSPS) is 11.4. The lowest BCUT2D eigenvalue weighted by molar-refractivity contribution is -0.103. The molecule has 86 valence electrons. The Morgan fingerprint density at radius 3 is 2.41 bits per heavy atom. The molecule has 0 saturated heterocycles. The first-order valence-electron chi connectivity index (χ1n) is 4.94. The number of carbonyl (C=O) groups excluding carboxylic acids is 1. The molecule has 5 heteroatoms. The summed E-state index contributed by atoms with van der Waals surface area (Å²) in [5.41, 5.74) is 0.744. The van der Waals surface area contributed by atoms with Gasteiger partial charge in [0, 0.05) is 5.57 Å². The lowest BCUT2D eigenvalue weighted by Gasteiger charge is -1.98. The average Bonchev–Trinajstić information content (AvgIpc) is 2.66. The van der Waals surface area contributed by atoms with E-state index in [1.165, 1.54) is 6.08 Å². The summed E-state index contributed by atoms with van der Waals surface area (Å²) >= 11 is 0. The van der Waals surface area contributed by atoms with Crippen molar-refractivity contribution >= 4 is 17.9 Å². The summed E-state index contributed by atoms with van der Waals surface area (Å²) in [7, 11) is 0. The summed E-state index contributed by atoms with van der Waals surface area (Å²) in [6.45, 7) is 0. The molecule has 1 heterocycles. The summed E-state index contributed by atoms with van der Waals surface area (Å²) in [6, 6.07) is 8.96. The minimum atomic E-state index is -0.521. The van der Waals surface area contributed by atoms with Crippen molar-refractivity contribution in [1.82, 2.24) is 9.97 Å². The zero-order chi connectivity index (χ0) is 12.3. The molecule has 0 bridgehead atoms. The van der Waals surface area contributed by atoms with Crippen molar-refractivity contribution in [1.29, 1.82) is 0 Å². The highest BCUT2D eigenvalue weighted by atomic mass is 16.3. The monoisotopic (exact) mass is 230 g/mol. The molecule has 0 fully saturated rings. The zero-order valence-electron chi connectivity index (χ0n) is 8.81. The first-order valence-corrected chi connectivity index (χ1v) is 4.94. The number of imidazole rings is 1. The molecule has 1 aromatic heterocycles. The van der Waals surface area contributed by atoms with Crippen LogP contribution in [0.2, 0.25) is 0 Å². The zero-order valence-corrected chi connectivity index (χ0v) is 8.81. The Kier molecular flexibility index (Phi) is 2.91.